The summed E-state index contributed by atoms with van der Waals surface area (Å²) < 4.78 is 1.87. The van der Waals surface area contributed by atoms with Crippen LogP contribution in [-0.2, 0) is 6.54 Å². The zero-order chi connectivity index (χ0) is 8.97. The summed E-state index contributed by atoms with van der Waals surface area (Å²) in [4.78, 5) is 0. The lowest BCUT2D eigenvalue weighted by atomic mass is 10.3. The van der Waals surface area contributed by atoms with Gasteiger partial charge in [0.1, 0.15) is 0 Å². The topological polar surface area (TPSA) is 17.8 Å². The Morgan fingerprint density at radius 3 is 2.92 bits per heavy atom. The molecule has 1 rings (SSSR count). The third kappa shape index (κ3) is 3.78. The van der Waals surface area contributed by atoms with E-state index in [4.69, 9.17) is 23.2 Å². The lowest BCUT2D eigenvalue weighted by Gasteiger charge is -2.01. The number of nitrogens with zero attached hydrogens (tertiary/aromatic N) is 2. The largest absolute Gasteiger partial charge is 0.271 e. The summed E-state index contributed by atoms with van der Waals surface area (Å²) in [5, 5.41) is 4.72. The maximum absolute atomic E-state index is 5.71. The van der Waals surface area contributed by atoms with Gasteiger partial charge in [0, 0.05) is 12.7 Å². The van der Waals surface area contributed by atoms with E-state index in [0.717, 1.165) is 19.4 Å². The molecule has 12 heavy (non-hydrogen) atoms. The quantitative estimate of drug-likeness (QED) is 0.769. The number of rotatable bonds is 4. The van der Waals surface area contributed by atoms with Crippen LogP contribution in [0.2, 0.25) is 5.02 Å². The molecular weight excluding hydrogens is 263 g/mol. The number of hydrogen-bond donors (Lipinski definition) is 0. The Labute approximate surface area is 90.0 Å². The van der Waals surface area contributed by atoms with E-state index in [1.165, 1.54) is 0 Å². The van der Waals surface area contributed by atoms with E-state index in [-0.39, 0.29) is 4.29 Å². The molecule has 0 N–H and O–H groups in total. The minimum absolute atomic E-state index is 0.0588. The summed E-state index contributed by atoms with van der Waals surface area (Å²) >= 11 is 14.7. The Balaban J connectivity index is 2.24. The van der Waals surface area contributed by atoms with Crippen LogP contribution in [0, 0.1) is 0 Å². The lowest BCUT2D eigenvalue weighted by Crippen LogP contribution is -1.99. The van der Waals surface area contributed by atoms with E-state index in [1.54, 1.807) is 12.4 Å². The van der Waals surface area contributed by atoms with Crippen molar-refractivity contribution in [3.8, 4) is 0 Å². The zero-order valence-corrected chi connectivity index (χ0v) is 9.48. The molecule has 0 saturated heterocycles. The van der Waals surface area contributed by atoms with Crippen molar-refractivity contribution in [2.45, 2.75) is 23.7 Å². The molecule has 1 unspecified atom stereocenters. The van der Waals surface area contributed by atoms with E-state index in [9.17, 15) is 0 Å². The summed E-state index contributed by atoms with van der Waals surface area (Å²) in [7, 11) is 0. The number of aryl methyl sites for hydroxylation is 1. The van der Waals surface area contributed by atoms with Gasteiger partial charge in [-0.1, -0.05) is 27.5 Å². The number of aromatic nitrogens is 2. The van der Waals surface area contributed by atoms with Crippen LogP contribution in [0.3, 0.4) is 0 Å². The predicted molar refractivity (Wildman–Crippen MR) is 55.0 cm³/mol. The molecule has 68 valence electrons. The normalized spacial score (nSPS) is 13.2. The van der Waals surface area contributed by atoms with Gasteiger partial charge in [-0.25, -0.2) is 0 Å². The number of hydrogen-bond acceptors (Lipinski definition) is 1. The molecule has 0 aliphatic rings. The molecule has 0 amide bonds. The molecule has 0 bridgehead atoms. The molecule has 2 nitrogen and oxygen atoms in total. The summed E-state index contributed by atoms with van der Waals surface area (Å²) in [6, 6.07) is 0. The van der Waals surface area contributed by atoms with Crippen molar-refractivity contribution in [1.29, 1.82) is 0 Å². The molecule has 1 aromatic rings. The van der Waals surface area contributed by atoms with Crippen LogP contribution in [0.4, 0.5) is 0 Å². The van der Waals surface area contributed by atoms with Crippen LogP contribution in [0.5, 0.6) is 0 Å². The second-order valence-electron chi connectivity index (χ2n) is 2.45. The molecule has 0 aromatic carbocycles. The van der Waals surface area contributed by atoms with E-state index in [2.05, 4.69) is 21.0 Å². The molecule has 1 heterocycles. The fourth-order valence-corrected chi connectivity index (χ4v) is 1.50. The summed E-state index contributed by atoms with van der Waals surface area (Å²) in [5.74, 6) is 0. The zero-order valence-electron chi connectivity index (χ0n) is 6.38. The highest BCUT2D eigenvalue weighted by molar-refractivity contribution is 9.10. The fourth-order valence-electron chi connectivity index (χ4n) is 0.868. The van der Waals surface area contributed by atoms with Crippen LogP contribution in [-0.4, -0.2) is 14.1 Å². The highest BCUT2D eigenvalue weighted by Gasteiger charge is 1.99. The molecular formula is C7H9BrCl2N2. The Bertz CT molecular complexity index is 237. The molecule has 0 aliphatic carbocycles. The van der Waals surface area contributed by atoms with Crippen LogP contribution < -0.4 is 0 Å². The minimum Gasteiger partial charge on any atom is -0.271 e. The molecule has 0 spiro atoms. The molecule has 1 aromatic heterocycles. The number of halogens is 3. The third-order valence-corrected chi connectivity index (χ3v) is 2.28. The fraction of sp³-hybridized carbons (Fsp3) is 0.571. The second-order valence-corrected chi connectivity index (χ2v) is 5.05. The van der Waals surface area contributed by atoms with Crippen molar-refractivity contribution >= 4 is 39.1 Å². The summed E-state index contributed by atoms with van der Waals surface area (Å²) in [6.07, 6.45) is 5.36. The predicted octanol–water partition coefficient (Wildman–Crippen LogP) is 3.28. The average Bonchev–Trinajstić information content (AvgIpc) is 2.35. The van der Waals surface area contributed by atoms with Crippen molar-refractivity contribution in [2.24, 2.45) is 0 Å². The highest BCUT2D eigenvalue weighted by atomic mass is 79.9. The molecule has 0 saturated carbocycles. The Morgan fingerprint density at radius 1 is 1.67 bits per heavy atom. The van der Waals surface area contributed by atoms with Crippen molar-refractivity contribution in [3.05, 3.63) is 17.4 Å². The second kappa shape index (κ2) is 5.10. The van der Waals surface area contributed by atoms with Gasteiger partial charge in [0.15, 0.2) is 0 Å². The van der Waals surface area contributed by atoms with Crippen LogP contribution in [0.15, 0.2) is 12.4 Å². The smallest absolute Gasteiger partial charge is 0.0886 e. The third-order valence-electron chi connectivity index (χ3n) is 1.41. The van der Waals surface area contributed by atoms with Crippen molar-refractivity contribution in [1.82, 2.24) is 9.78 Å². The molecule has 0 fully saturated rings. The molecule has 0 radical (unpaired) electrons. The van der Waals surface area contributed by atoms with Gasteiger partial charge >= 0.3 is 0 Å². The standard InChI is InChI=1S/C7H9BrCl2N2/c8-7(10)2-1-3-12-5-6(9)4-11-12/h4-5,7H,1-3H2. The van der Waals surface area contributed by atoms with Gasteiger partial charge < -0.3 is 0 Å². The maximum atomic E-state index is 5.71. The minimum atomic E-state index is 0.0588. The molecule has 1 atom stereocenters. The van der Waals surface area contributed by atoms with Crippen LogP contribution >= 0.6 is 39.1 Å². The van der Waals surface area contributed by atoms with Crippen molar-refractivity contribution < 1.29 is 0 Å². The van der Waals surface area contributed by atoms with Crippen LogP contribution in [0.25, 0.3) is 0 Å². The van der Waals surface area contributed by atoms with Crippen LogP contribution in [0.1, 0.15) is 12.8 Å². The van der Waals surface area contributed by atoms with Gasteiger partial charge in [0.25, 0.3) is 0 Å². The number of alkyl halides is 2. The van der Waals surface area contributed by atoms with Crippen molar-refractivity contribution in [2.75, 3.05) is 0 Å². The Kier molecular flexibility index (Phi) is 4.40. The molecule has 0 aliphatic heterocycles. The van der Waals surface area contributed by atoms with Gasteiger partial charge in [-0.3, -0.25) is 4.68 Å². The van der Waals surface area contributed by atoms with Gasteiger partial charge in [-0.05, 0) is 12.8 Å². The van der Waals surface area contributed by atoms with E-state index < -0.39 is 0 Å². The average molecular weight is 272 g/mol. The first-order valence-electron chi connectivity index (χ1n) is 3.64. The SMILES string of the molecule is Clc1cnn(CCCC(Cl)Br)c1. The summed E-state index contributed by atoms with van der Waals surface area (Å²) in [6.45, 7) is 0.863. The first kappa shape index (κ1) is 10.4. The Hall–Kier alpha value is 0.270. The Morgan fingerprint density at radius 2 is 2.42 bits per heavy atom. The van der Waals surface area contributed by atoms with Gasteiger partial charge in [-0.2, -0.15) is 5.10 Å². The van der Waals surface area contributed by atoms with Crippen molar-refractivity contribution in [3.63, 3.8) is 0 Å². The monoisotopic (exact) mass is 270 g/mol. The van der Waals surface area contributed by atoms with Gasteiger partial charge in [0.05, 0.1) is 15.5 Å². The highest BCUT2D eigenvalue weighted by Crippen LogP contribution is 2.13. The lowest BCUT2D eigenvalue weighted by molar-refractivity contribution is 0.570. The van der Waals surface area contributed by atoms with E-state index in [0.29, 0.717) is 5.02 Å². The maximum Gasteiger partial charge on any atom is 0.0886 e. The van der Waals surface area contributed by atoms with Gasteiger partial charge in [-0.15, -0.1) is 11.6 Å². The first-order valence-corrected chi connectivity index (χ1v) is 5.37. The molecule has 5 heteroatoms. The van der Waals surface area contributed by atoms with E-state index >= 15 is 0 Å². The van der Waals surface area contributed by atoms with E-state index in [1.807, 2.05) is 4.68 Å². The first-order chi connectivity index (χ1) is 5.68. The summed E-state index contributed by atoms with van der Waals surface area (Å²) in [5.41, 5.74) is 0. The van der Waals surface area contributed by atoms with Gasteiger partial charge in [0.2, 0.25) is 0 Å².